The molecule has 0 saturated heterocycles. The minimum absolute atomic E-state index is 0.841. The largest absolute Gasteiger partial charge is 0.458 e. The van der Waals surface area contributed by atoms with Crippen molar-refractivity contribution in [3.8, 4) is 10.0 Å². The third kappa shape index (κ3) is 4.64. The van der Waals surface area contributed by atoms with E-state index in [1.54, 1.807) is 22.7 Å². The molecule has 1 aliphatic heterocycles. The number of fused-ring (bicyclic) bond motifs is 6. The Morgan fingerprint density at radius 1 is 0.435 bits per heavy atom. The number of ether oxygens (including phenoxy) is 1. The molecule has 46 heavy (non-hydrogen) atoms. The molecular formula is C41H28N2OS2. The van der Waals surface area contributed by atoms with E-state index in [-0.39, 0.29) is 0 Å². The van der Waals surface area contributed by atoms with E-state index in [2.05, 4.69) is 167 Å². The number of rotatable bonds is 6. The molecule has 0 bridgehead atoms. The zero-order chi connectivity index (χ0) is 30.5. The number of hydrogen-bond donors (Lipinski definition) is 0. The van der Waals surface area contributed by atoms with Gasteiger partial charge in [-0.2, -0.15) is 0 Å². The van der Waals surface area contributed by atoms with Gasteiger partial charge in [-0.25, -0.2) is 0 Å². The van der Waals surface area contributed by atoms with Gasteiger partial charge in [-0.15, -0.1) is 22.7 Å². The first kappa shape index (κ1) is 27.0. The fourth-order valence-electron chi connectivity index (χ4n) is 6.47. The Hall–Kier alpha value is -5.36. The number of hydrogen-bond acceptors (Lipinski definition) is 3. The Morgan fingerprint density at radius 2 is 0.804 bits per heavy atom. The first-order valence-corrected chi connectivity index (χ1v) is 17.0. The molecule has 0 radical (unpaired) electrons. The van der Waals surface area contributed by atoms with Gasteiger partial charge in [-0.05, 0) is 91.4 Å². The van der Waals surface area contributed by atoms with Gasteiger partial charge in [0.05, 0.1) is 22.1 Å². The van der Waals surface area contributed by atoms with E-state index in [1.807, 2.05) is 0 Å². The highest BCUT2D eigenvalue weighted by molar-refractivity contribution is 7.15. The van der Waals surface area contributed by atoms with Gasteiger partial charge in [0.15, 0.2) is 0 Å². The van der Waals surface area contributed by atoms with Crippen LogP contribution >= 0.6 is 22.7 Å². The minimum Gasteiger partial charge on any atom is -0.458 e. The Labute approximate surface area is 274 Å². The van der Waals surface area contributed by atoms with Crippen LogP contribution in [0.1, 0.15) is 16.2 Å². The number of nitrogens with zero attached hydrogens (tertiary/aromatic N) is 2. The average Bonchev–Trinajstić information content (AvgIpc) is 3.90. The molecule has 9 rings (SSSR count). The highest BCUT2D eigenvalue weighted by atomic mass is 32.1. The van der Waals surface area contributed by atoms with Crippen LogP contribution < -0.4 is 0 Å². The smallest absolute Gasteiger partial charge is 0.123 e. The number of thiophene rings is 2. The molecule has 0 amide bonds. The molecular weight excluding hydrogens is 601 g/mol. The van der Waals surface area contributed by atoms with Crippen LogP contribution in [0, 0.1) is 0 Å². The van der Waals surface area contributed by atoms with Crippen LogP contribution in [0.4, 0.5) is 0 Å². The lowest BCUT2D eigenvalue weighted by molar-refractivity contribution is 0.327. The van der Waals surface area contributed by atoms with Crippen molar-refractivity contribution in [2.45, 2.75) is 6.42 Å². The van der Waals surface area contributed by atoms with Gasteiger partial charge in [0.2, 0.25) is 0 Å². The lowest BCUT2D eigenvalue weighted by Crippen LogP contribution is -1.93. The Balaban J connectivity index is 0.924. The predicted octanol–water partition coefficient (Wildman–Crippen LogP) is 11.9. The quantitative estimate of drug-likeness (QED) is 0.179. The van der Waals surface area contributed by atoms with Gasteiger partial charge in [0, 0.05) is 31.3 Å². The summed E-state index contributed by atoms with van der Waals surface area (Å²) in [5.74, 6) is 1.73. The highest BCUT2D eigenvalue weighted by Crippen LogP contribution is 2.36. The topological polar surface area (TPSA) is 19.1 Å². The van der Waals surface area contributed by atoms with Crippen molar-refractivity contribution in [2.75, 3.05) is 0 Å². The molecule has 0 atom stereocenters. The molecule has 1 aliphatic rings. The fourth-order valence-corrected chi connectivity index (χ4v) is 8.34. The second kappa shape index (κ2) is 11.2. The average molecular weight is 629 g/mol. The molecule has 220 valence electrons. The van der Waals surface area contributed by atoms with Crippen LogP contribution in [-0.4, -0.2) is 9.13 Å². The molecule has 0 saturated carbocycles. The van der Waals surface area contributed by atoms with Crippen molar-refractivity contribution in [1.82, 2.24) is 9.13 Å². The highest BCUT2D eigenvalue weighted by Gasteiger charge is 2.14. The van der Waals surface area contributed by atoms with E-state index in [0.29, 0.717) is 0 Å². The van der Waals surface area contributed by atoms with E-state index in [0.717, 1.165) is 17.9 Å². The maximum Gasteiger partial charge on any atom is 0.123 e. The van der Waals surface area contributed by atoms with Gasteiger partial charge >= 0.3 is 0 Å². The first-order chi connectivity index (χ1) is 22.8. The van der Waals surface area contributed by atoms with Crippen molar-refractivity contribution in [2.24, 2.45) is 0 Å². The van der Waals surface area contributed by atoms with Crippen LogP contribution in [0.5, 0.6) is 0 Å². The van der Waals surface area contributed by atoms with Crippen molar-refractivity contribution in [3.05, 3.63) is 167 Å². The fraction of sp³-hybridized carbons (Fsp3) is 0.0244. The van der Waals surface area contributed by atoms with Crippen LogP contribution in [0.15, 0.2) is 157 Å². The van der Waals surface area contributed by atoms with Gasteiger partial charge in [-0.1, -0.05) is 72.8 Å². The molecule has 0 N–H and O–H groups in total. The summed E-state index contributed by atoms with van der Waals surface area (Å²) in [5.41, 5.74) is 4.92. The molecule has 8 aromatic rings. The van der Waals surface area contributed by atoms with Gasteiger partial charge in [-0.3, -0.25) is 0 Å². The van der Waals surface area contributed by atoms with Crippen LogP contribution in [-0.2, 0) is 4.74 Å². The molecule has 0 fully saturated rings. The van der Waals surface area contributed by atoms with Crippen molar-refractivity contribution in [1.29, 1.82) is 0 Å². The van der Waals surface area contributed by atoms with Crippen LogP contribution in [0.3, 0.4) is 0 Å². The molecule has 5 heteroatoms. The SMILES string of the molecule is C1=C(/C=C/c2ccc(-n3c4ccccc4c4ccccc43)s2)OC(/C=C/c2ccc(-n3c4ccccc4c4ccccc43)s2)=CC1. The maximum absolute atomic E-state index is 6.27. The molecule has 0 unspecified atom stereocenters. The van der Waals surface area contributed by atoms with Crippen LogP contribution in [0.2, 0.25) is 0 Å². The maximum atomic E-state index is 6.27. The molecule has 4 aromatic heterocycles. The third-order valence-corrected chi connectivity index (χ3v) is 10.6. The standard InChI is InChI=1S/C41H28N2OS2/c1-5-16-36-32(12-1)33-13-2-6-17-37(33)42(36)40-26-24-30(45-40)22-20-28-10-9-11-29(44-28)21-23-31-25-27-41(46-31)43-38-18-7-3-14-34(38)35-15-4-8-19-39(35)43/h1-8,10-27H,9H2/b22-20+,23-21+. The van der Waals surface area contributed by atoms with E-state index < -0.39 is 0 Å². The van der Waals surface area contributed by atoms with Gasteiger partial charge < -0.3 is 13.9 Å². The zero-order valence-corrected chi connectivity index (χ0v) is 26.5. The monoisotopic (exact) mass is 628 g/mol. The summed E-state index contributed by atoms with van der Waals surface area (Å²) in [6, 6.07) is 43.3. The lowest BCUT2D eigenvalue weighted by atomic mass is 10.2. The normalized spacial score (nSPS) is 13.8. The summed E-state index contributed by atoms with van der Waals surface area (Å²) in [6.07, 6.45) is 13.5. The van der Waals surface area contributed by atoms with Crippen molar-refractivity contribution in [3.63, 3.8) is 0 Å². The molecule has 3 nitrogen and oxygen atoms in total. The minimum atomic E-state index is 0.841. The van der Waals surface area contributed by atoms with Gasteiger partial charge in [0.1, 0.15) is 21.5 Å². The summed E-state index contributed by atoms with van der Waals surface area (Å²) in [6.45, 7) is 0. The predicted molar refractivity (Wildman–Crippen MR) is 197 cm³/mol. The first-order valence-electron chi connectivity index (χ1n) is 15.4. The van der Waals surface area contributed by atoms with E-state index in [1.165, 1.54) is 63.4 Å². The van der Waals surface area contributed by atoms with E-state index in [4.69, 9.17) is 4.74 Å². The summed E-state index contributed by atoms with van der Waals surface area (Å²) in [7, 11) is 0. The second-order valence-electron chi connectivity index (χ2n) is 11.3. The Kier molecular flexibility index (Phi) is 6.58. The van der Waals surface area contributed by atoms with Crippen molar-refractivity contribution >= 4 is 78.4 Å². The number of aromatic nitrogens is 2. The number of allylic oxidation sites excluding steroid dienone is 4. The van der Waals surface area contributed by atoms with Crippen molar-refractivity contribution < 1.29 is 4.74 Å². The Morgan fingerprint density at radius 3 is 1.20 bits per heavy atom. The summed E-state index contributed by atoms with van der Waals surface area (Å²) < 4.78 is 11.0. The second-order valence-corrected chi connectivity index (χ2v) is 13.5. The summed E-state index contributed by atoms with van der Waals surface area (Å²) in [5, 5.41) is 7.53. The number of para-hydroxylation sites is 4. The Bertz CT molecular complexity index is 2260. The van der Waals surface area contributed by atoms with E-state index in [9.17, 15) is 0 Å². The molecule has 0 aliphatic carbocycles. The van der Waals surface area contributed by atoms with Crippen LogP contribution in [0.25, 0.3) is 65.8 Å². The molecule has 5 heterocycles. The summed E-state index contributed by atoms with van der Waals surface area (Å²) >= 11 is 3.57. The zero-order valence-electron chi connectivity index (χ0n) is 24.8. The van der Waals surface area contributed by atoms with E-state index >= 15 is 0 Å². The lowest BCUT2D eigenvalue weighted by Gasteiger charge is -2.11. The molecule has 4 aromatic carbocycles. The van der Waals surface area contributed by atoms with Gasteiger partial charge in [0.25, 0.3) is 0 Å². The third-order valence-electron chi connectivity index (χ3n) is 8.52. The summed E-state index contributed by atoms with van der Waals surface area (Å²) in [4.78, 5) is 2.37. The molecule has 0 spiro atoms. The number of benzene rings is 4.